The van der Waals surface area contributed by atoms with Gasteiger partial charge in [-0.1, -0.05) is 58.3 Å². The SMILES string of the molecule is CCCCCCCCCCCC(=O)OC(=O)CN.[K+]. The molecule has 0 bridgehead atoms. The van der Waals surface area contributed by atoms with Gasteiger partial charge in [0.2, 0.25) is 0 Å². The summed E-state index contributed by atoms with van der Waals surface area (Å²) in [6.07, 6.45) is 11.1. The van der Waals surface area contributed by atoms with E-state index in [9.17, 15) is 9.59 Å². The van der Waals surface area contributed by atoms with Crippen molar-refractivity contribution >= 4 is 11.9 Å². The Bertz CT molecular complexity index is 235. The molecule has 0 atom stereocenters. The molecular formula is C14H27KNO3+. The van der Waals surface area contributed by atoms with Gasteiger partial charge in [-0.05, 0) is 6.42 Å². The summed E-state index contributed by atoms with van der Waals surface area (Å²) in [4.78, 5) is 21.8. The van der Waals surface area contributed by atoms with Crippen LogP contribution >= 0.6 is 0 Å². The Kier molecular flexibility index (Phi) is 19.5. The van der Waals surface area contributed by atoms with Gasteiger partial charge in [-0.25, -0.2) is 0 Å². The Morgan fingerprint density at radius 2 is 1.32 bits per heavy atom. The Morgan fingerprint density at radius 1 is 0.842 bits per heavy atom. The van der Waals surface area contributed by atoms with E-state index in [-0.39, 0.29) is 57.9 Å². The molecule has 0 amide bonds. The summed E-state index contributed by atoms with van der Waals surface area (Å²) < 4.78 is 4.47. The molecule has 2 N–H and O–H groups in total. The number of ether oxygens (including phenoxy) is 1. The van der Waals surface area contributed by atoms with Crippen molar-refractivity contribution < 1.29 is 65.7 Å². The quantitative estimate of drug-likeness (QED) is 0.251. The molecule has 0 rings (SSSR count). The minimum absolute atomic E-state index is 0. The molecule has 0 aliphatic carbocycles. The Hall–Kier alpha value is 0.736. The van der Waals surface area contributed by atoms with Gasteiger partial charge < -0.3 is 10.5 Å². The molecule has 0 aliphatic rings. The third-order valence-corrected chi connectivity index (χ3v) is 2.88. The topological polar surface area (TPSA) is 69.4 Å². The second-order valence-electron chi connectivity index (χ2n) is 4.63. The van der Waals surface area contributed by atoms with Crippen molar-refractivity contribution in [3.05, 3.63) is 0 Å². The van der Waals surface area contributed by atoms with Crippen LogP contribution in [-0.4, -0.2) is 18.5 Å². The number of nitrogens with two attached hydrogens (primary N) is 1. The molecule has 0 unspecified atom stereocenters. The molecule has 5 heteroatoms. The van der Waals surface area contributed by atoms with Gasteiger partial charge in [-0.2, -0.15) is 0 Å². The largest absolute Gasteiger partial charge is 1.00 e. The average Bonchev–Trinajstić information content (AvgIpc) is 2.36. The second kappa shape index (κ2) is 16.8. The van der Waals surface area contributed by atoms with Crippen molar-refractivity contribution in [1.82, 2.24) is 0 Å². The van der Waals surface area contributed by atoms with Gasteiger partial charge in [0.25, 0.3) is 0 Å². The number of unbranched alkanes of at least 4 members (excludes halogenated alkanes) is 8. The van der Waals surface area contributed by atoms with E-state index in [1.54, 1.807) is 0 Å². The van der Waals surface area contributed by atoms with Gasteiger partial charge in [0.1, 0.15) is 0 Å². The summed E-state index contributed by atoms with van der Waals surface area (Å²) >= 11 is 0. The van der Waals surface area contributed by atoms with Gasteiger partial charge in [0.15, 0.2) is 0 Å². The zero-order chi connectivity index (χ0) is 13.6. The van der Waals surface area contributed by atoms with E-state index in [4.69, 9.17) is 5.73 Å². The zero-order valence-corrected chi connectivity index (χ0v) is 15.7. The predicted octanol–water partition coefficient (Wildman–Crippen LogP) is -0.0602. The average molecular weight is 296 g/mol. The smallest absolute Gasteiger partial charge is 0.392 e. The fraction of sp³-hybridized carbons (Fsp3) is 0.857. The van der Waals surface area contributed by atoms with Crippen LogP contribution in [0.2, 0.25) is 0 Å². The first-order chi connectivity index (χ1) is 8.70. The van der Waals surface area contributed by atoms with E-state index in [1.807, 2.05) is 0 Å². The Balaban J connectivity index is 0. The molecule has 0 aromatic carbocycles. The molecule has 0 radical (unpaired) electrons. The molecular weight excluding hydrogens is 269 g/mol. The minimum Gasteiger partial charge on any atom is -0.392 e. The van der Waals surface area contributed by atoms with Crippen molar-refractivity contribution in [3.8, 4) is 0 Å². The molecule has 0 saturated carbocycles. The fourth-order valence-corrected chi connectivity index (χ4v) is 1.80. The molecule has 0 spiro atoms. The maximum atomic E-state index is 11.1. The summed E-state index contributed by atoms with van der Waals surface area (Å²) in [5.74, 6) is -1.09. The second-order valence-corrected chi connectivity index (χ2v) is 4.63. The van der Waals surface area contributed by atoms with E-state index in [0.717, 1.165) is 19.3 Å². The van der Waals surface area contributed by atoms with Crippen LogP contribution in [0.3, 0.4) is 0 Å². The van der Waals surface area contributed by atoms with Gasteiger partial charge in [-0.15, -0.1) is 0 Å². The maximum Gasteiger partial charge on any atom is 1.00 e. The zero-order valence-electron chi connectivity index (χ0n) is 12.6. The van der Waals surface area contributed by atoms with E-state index >= 15 is 0 Å². The number of carbonyl (C=O) groups excluding carboxylic acids is 2. The van der Waals surface area contributed by atoms with E-state index in [2.05, 4.69) is 11.7 Å². The Morgan fingerprint density at radius 3 is 1.79 bits per heavy atom. The predicted molar refractivity (Wildman–Crippen MR) is 72.0 cm³/mol. The Labute approximate surface area is 159 Å². The number of rotatable bonds is 11. The van der Waals surface area contributed by atoms with Gasteiger partial charge in [0, 0.05) is 6.42 Å². The molecule has 0 saturated heterocycles. The van der Waals surface area contributed by atoms with Gasteiger partial charge in [0.05, 0.1) is 6.54 Å². The summed E-state index contributed by atoms with van der Waals surface area (Å²) in [6, 6.07) is 0. The first kappa shape index (κ1) is 22.0. The number of hydrogen-bond donors (Lipinski definition) is 1. The van der Waals surface area contributed by atoms with Crippen LogP contribution in [0.4, 0.5) is 0 Å². The van der Waals surface area contributed by atoms with E-state index < -0.39 is 11.9 Å². The van der Waals surface area contributed by atoms with Crippen molar-refractivity contribution in [2.24, 2.45) is 5.73 Å². The summed E-state index contributed by atoms with van der Waals surface area (Å²) in [7, 11) is 0. The summed E-state index contributed by atoms with van der Waals surface area (Å²) in [5, 5.41) is 0. The van der Waals surface area contributed by atoms with Crippen molar-refractivity contribution in [3.63, 3.8) is 0 Å². The minimum atomic E-state index is -0.643. The fourth-order valence-electron chi connectivity index (χ4n) is 1.80. The van der Waals surface area contributed by atoms with Crippen LogP contribution in [0, 0.1) is 0 Å². The first-order valence-electron chi connectivity index (χ1n) is 7.14. The summed E-state index contributed by atoms with van der Waals surface area (Å²) in [6.45, 7) is 1.98. The van der Waals surface area contributed by atoms with Crippen LogP contribution in [-0.2, 0) is 14.3 Å². The third-order valence-electron chi connectivity index (χ3n) is 2.88. The molecule has 0 heterocycles. The molecule has 0 aromatic rings. The van der Waals surface area contributed by atoms with Crippen LogP contribution < -0.4 is 57.1 Å². The molecule has 0 fully saturated rings. The summed E-state index contributed by atoms with van der Waals surface area (Å²) in [5.41, 5.74) is 5.04. The van der Waals surface area contributed by atoms with Crippen LogP contribution in [0.5, 0.6) is 0 Å². The normalized spacial score (nSPS) is 9.79. The maximum absolute atomic E-state index is 11.1. The molecule has 19 heavy (non-hydrogen) atoms. The van der Waals surface area contributed by atoms with Gasteiger partial charge >= 0.3 is 63.3 Å². The first-order valence-corrected chi connectivity index (χ1v) is 7.14. The molecule has 0 aromatic heterocycles. The number of esters is 2. The monoisotopic (exact) mass is 296 g/mol. The van der Waals surface area contributed by atoms with Crippen molar-refractivity contribution in [2.45, 2.75) is 71.1 Å². The number of carbonyl (C=O) groups is 2. The molecule has 106 valence electrons. The van der Waals surface area contributed by atoms with Crippen LogP contribution in [0.25, 0.3) is 0 Å². The molecule has 4 nitrogen and oxygen atoms in total. The van der Waals surface area contributed by atoms with E-state index in [0.29, 0.717) is 6.42 Å². The van der Waals surface area contributed by atoms with Crippen molar-refractivity contribution in [1.29, 1.82) is 0 Å². The van der Waals surface area contributed by atoms with Crippen molar-refractivity contribution in [2.75, 3.05) is 6.54 Å². The van der Waals surface area contributed by atoms with Crippen LogP contribution in [0.15, 0.2) is 0 Å². The van der Waals surface area contributed by atoms with Gasteiger partial charge in [-0.3, -0.25) is 9.59 Å². The van der Waals surface area contributed by atoms with Crippen LogP contribution in [0.1, 0.15) is 71.1 Å². The number of hydrogen-bond acceptors (Lipinski definition) is 4. The van der Waals surface area contributed by atoms with E-state index in [1.165, 1.54) is 38.5 Å². The third kappa shape index (κ3) is 16.7. The molecule has 0 aliphatic heterocycles. The standard InChI is InChI=1S/C14H27NO3.K/c1-2-3-4-5-6-7-8-9-10-11-13(16)18-14(17)12-15;/h2-12,15H2,1H3;/q;+1.